The molecule has 2 aliphatic carbocycles. The number of hydrogen-bond acceptors (Lipinski definition) is 2. The highest BCUT2D eigenvalue weighted by Gasteiger charge is 2.54. The first-order chi connectivity index (χ1) is 28.0. The summed E-state index contributed by atoms with van der Waals surface area (Å²) in [6, 6.07) is 50.2. The second kappa shape index (κ2) is 16.9. The number of benzene rings is 5. The van der Waals surface area contributed by atoms with Gasteiger partial charge < -0.3 is 0 Å². The van der Waals surface area contributed by atoms with Gasteiger partial charge in [0, 0.05) is 34.0 Å². The van der Waals surface area contributed by atoms with Crippen molar-refractivity contribution in [1.82, 2.24) is 9.97 Å². The molecule has 0 radical (unpaired) electrons. The molecule has 0 saturated carbocycles. The molecule has 0 fully saturated rings. The lowest BCUT2D eigenvalue weighted by atomic mass is 9.59. The molecular weight excluding hydrogens is 689 g/mol. The lowest BCUT2D eigenvalue weighted by Crippen LogP contribution is -2.40. The molecule has 8 rings (SSSR count). The van der Waals surface area contributed by atoms with Crippen LogP contribution in [0, 0.1) is 11.8 Å². The van der Waals surface area contributed by atoms with Crippen molar-refractivity contribution in [3.8, 4) is 33.6 Å². The van der Waals surface area contributed by atoms with Gasteiger partial charge in [0.1, 0.15) is 0 Å². The standard InChI is InChI=1S/C55H52N2/c1-5-6-10-23-41(4)55(46-28-15-9-16-29-46)49-32-18-17-30-48(49)53-47(31-20-33-50(53)55)43-36-34-42(35-37-43)39(2)21-19-22-40(3)54-56-51(44-24-11-7-12-25-44)38-52(57-54)45-26-13-8-14-27-45/h7-9,11-22,24-38,41,48-49H,3,5-6,10,23H2,1-2,4H3/b22-19-,39-21+. The summed E-state index contributed by atoms with van der Waals surface area (Å²) in [5.41, 5.74) is 13.9. The predicted octanol–water partition coefficient (Wildman–Crippen LogP) is 14.5. The number of unbranched alkanes of at least 4 members (excludes halogenated alkanes) is 2. The van der Waals surface area contributed by atoms with Crippen molar-refractivity contribution in [2.45, 2.75) is 57.8 Å². The smallest absolute Gasteiger partial charge is 0.159 e. The molecule has 2 nitrogen and oxygen atoms in total. The van der Waals surface area contributed by atoms with Gasteiger partial charge in [0.15, 0.2) is 5.82 Å². The first-order valence-corrected chi connectivity index (χ1v) is 20.7. The Labute approximate surface area is 339 Å². The lowest BCUT2D eigenvalue weighted by Gasteiger charge is -2.43. The van der Waals surface area contributed by atoms with Gasteiger partial charge in [-0.1, -0.05) is 216 Å². The van der Waals surface area contributed by atoms with Crippen LogP contribution in [0.15, 0.2) is 189 Å². The highest BCUT2D eigenvalue weighted by Crippen LogP contribution is 2.62. The van der Waals surface area contributed by atoms with E-state index in [-0.39, 0.29) is 5.41 Å². The van der Waals surface area contributed by atoms with E-state index in [0.29, 0.717) is 23.6 Å². The Hall–Kier alpha value is -6.12. The second-order valence-corrected chi connectivity index (χ2v) is 15.7. The Morgan fingerprint density at radius 2 is 1.35 bits per heavy atom. The minimum absolute atomic E-state index is 0.0844. The normalized spacial score (nSPS) is 19.0. The highest BCUT2D eigenvalue weighted by atomic mass is 14.9. The van der Waals surface area contributed by atoms with Crippen LogP contribution in [0.3, 0.4) is 0 Å². The fourth-order valence-electron chi connectivity index (χ4n) is 9.40. The molecule has 1 aromatic heterocycles. The maximum atomic E-state index is 4.94. The maximum Gasteiger partial charge on any atom is 0.159 e. The van der Waals surface area contributed by atoms with Crippen LogP contribution in [0.1, 0.15) is 80.5 Å². The van der Waals surface area contributed by atoms with E-state index in [2.05, 4.69) is 167 Å². The summed E-state index contributed by atoms with van der Waals surface area (Å²) in [6.45, 7) is 11.4. The number of hydrogen-bond donors (Lipinski definition) is 0. The van der Waals surface area contributed by atoms with E-state index in [9.17, 15) is 0 Å². The van der Waals surface area contributed by atoms with Crippen LogP contribution in [-0.4, -0.2) is 9.97 Å². The van der Waals surface area contributed by atoms with Crippen LogP contribution in [-0.2, 0) is 5.41 Å². The number of fused-ring (bicyclic) bond motifs is 3. The zero-order valence-electron chi connectivity index (χ0n) is 33.5. The Balaban J connectivity index is 1.08. The first kappa shape index (κ1) is 37.8. The minimum Gasteiger partial charge on any atom is -0.228 e. The summed E-state index contributed by atoms with van der Waals surface area (Å²) in [5, 5.41) is 0. The van der Waals surface area contributed by atoms with Crippen molar-refractivity contribution in [3.05, 3.63) is 217 Å². The molecule has 6 aromatic rings. The molecule has 2 aliphatic rings. The summed E-state index contributed by atoms with van der Waals surface area (Å²) >= 11 is 0. The van der Waals surface area contributed by atoms with Gasteiger partial charge in [0.2, 0.25) is 0 Å². The van der Waals surface area contributed by atoms with Crippen molar-refractivity contribution in [2.75, 3.05) is 0 Å². The summed E-state index contributed by atoms with van der Waals surface area (Å²) in [5.74, 6) is 1.82. The van der Waals surface area contributed by atoms with Crippen LogP contribution in [0.4, 0.5) is 0 Å². The minimum atomic E-state index is -0.0844. The Morgan fingerprint density at radius 1 is 0.719 bits per heavy atom. The van der Waals surface area contributed by atoms with Gasteiger partial charge in [-0.2, -0.15) is 0 Å². The Kier molecular flexibility index (Phi) is 11.2. The summed E-state index contributed by atoms with van der Waals surface area (Å²) < 4.78 is 0. The molecule has 2 heteroatoms. The van der Waals surface area contributed by atoms with Crippen molar-refractivity contribution >= 4 is 11.1 Å². The zero-order chi connectivity index (χ0) is 39.2. The lowest BCUT2D eigenvalue weighted by molar-refractivity contribution is 0.255. The largest absolute Gasteiger partial charge is 0.228 e. The van der Waals surface area contributed by atoms with Crippen molar-refractivity contribution in [3.63, 3.8) is 0 Å². The maximum absolute atomic E-state index is 4.94. The third kappa shape index (κ3) is 7.45. The van der Waals surface area contributed by atoms with E-state index in [4.69, 9.17) is 9.97 Å². The van der Waals surface area contributed by atoms with Gasteiger partial charge in [-0.3, -0.25) is 0 Å². The predicted molar refractivity (Wildman–Crippen MR) is 242 cm³/mol. The molecule has 0 amide bonds. The van der Waals surface area contributed by atoms with E-state index in [1.165, 1.54) is 64.6 Å². The van der Waals surface area contributed by atoms with Crippen LogP contribution in [0.5, 0.6) is 0 Å². The Morgan fingerprint density at radius 3 is 2.00 bits per heavy atom. The number of aromatic nitrogens is 2. The quantitative estimate of drug-likeness (QED) is 0.0870. The van der Waals surface area contributed by atoms with Gasteiger partial charge in [-0.15, -0.1) is 0 Å². The third-order valence-corrected chi connectivity index (χ3v) is 12.3. The molecule has 5 aromatic carbocycles. The molecule has 0 bridgehead atoms. The molecule has 0 aliphatic heterocycles. The molecule has 4 unspecified atom stereocenters. The molecular formula is C55H52N2. The molecule has 4 atom stereocenters. The van der Waals surface area contributed by atoms with E-state index < -0.39 is 0 Å². The number of nitrogens with zero attached hydrogens (tertiary/aromatic N) is 2. The molecule has 1 heterocycles. The van der Waals surface area contributed by atoms with Crippen molar-refractivity contribution in [2.24, 2.45) is 11.8 Å². The van der Waals surface area contributed by atoms with Gasteiger partial charge in [0.05, 0.1) is 11.4 Å². The molecule has 282 valence electrons. The zero-order valence-corrected chi connectivity index (χ0v) is 33.5. The van der Waals surface area contributed by atoms with Gasteiger partial charge in [-0.05, 0) is 64.3 Å². The summed E-state index contributed by atoms with van der Waals surface area (Å²) in [7, 11) is 0. The van der Waals surface area contributed by atoms with Gasteiger partial charge in [-0.25, -0.2) is 9.97 Å². The molecule has 0 N–H and O–H groups in total. The molecule has 0 saturated heterocycles. The van der Waals surface area contributed by atoms with Crippen molar-refractivity contribution < 1.29 is 0 Å². The van der Waals surface area contributed by atoms with E-state index >= 15 is 0 Å². The first-order valence-electron chi connectivity index (χ1n) is 20.7. The SMILES string of the molecule is C=C(/C=C\C=C(/C)c1ccc(-c2cccc3c2C2C=CC=CC2C3(c2ccccc2)C(C)CCCCC)cc1)c1nc(-c2ccccc2)cc(-c2ccccc2)n1. The summed E-state index contributed by atoms with van der Waals surface area (Å²) in [6.07, 6.45) is 20.7. The summed E-state index contributed by atoms with van der Waals surface area (Å²) in [4.78, 5) is 9.87. The highest BCUT2D eigenvalue weighted by molar-refractivity contribution is 5.78. The van der Waals surface area contributed by atoms with Crippen LogP contribution < -0.4 is 0 Å². The monoisotopic (exact) mass is 740 g/mol. The molecule has 57 heavy (non-hydrogen) atoms. The topological polar surface area (TPSA) is 25.8 Å². The fourth-order valence-corrected chi connectivity index (χ4v) is 9.40. The van der Waals surface area contributed by atoms with E-state index in [1.54, 1.807) is 0 Å². The number of allylic oxidation sites excluding steroid dienone is 9. The average Bonchev–Trinajstić information content (AvgIpc) is 3.58. The van der Waals surface area contributed by atoms with E-state index in [1.807, 2.05) is 42.5 Å². The van der Waals surface area contributed by atoms with Crippen LogP contribution >= 0.6 is 0 Å². The Bertz CT molecular complexity index is 2390. The van der Waals surface area contributed by atoms with Gasteiger partial charge >= 0.3 is 0 Å². The fraction of sp³-hybridized carbons (Fsp3) is 0.200. The van der Waals surface area contributed by atoms with Gasteiger partial charge in [0.25, 0.3) is 0 Å². The second-order valence-electron chi connectivity index (χ2n) is 15.7. The van der Waals surface area contributed by atoms with E-state index in [0.717, 1.165) is 28.1 Å². The van der Waals surface area contributed by atoms with Crippen LogP contribution in [0.2, 0.25) is 0 Å². The average molecular weight is 741 g/mol. The van der Waals surface area contributed by atoms with Crippen molar-refractivity contribution in [1.29, 1.82) is 0 Å². The number of rotatable bonds is 13. The third-order valence-electron chi connectivity index (χ3n) is 12.3. The molecule has 0 spiro atoms. The van der Waals surface area contributed by atoms with Crippen LogP contribution in [0.25, 0.3) is 44.8 Å².